The van der Waals surface area contributed by atoms with E-state index in [2.05, 4.69) is 82.3 Å². The molecule has 2 aromatic carbocycles. The lowest BCUT2D eigenvalue weighted by Gasteiger charge is -2.54. The smallest absolute Gasteiger partial charge is 0.163 e. The molecule has 0 N–H and O–H groups in total. The van der Waals surface area contributed by atoms with Crippen LogP contribution in [0.5, 0.6) is 0 Å². The van der Waals surface area contributed by atoms with Crippen molar-refractivity contribution in [1.29, 1.82) is 0 Å². The third-order valence-electron chi connectivity index (χ3n) is 9.01. The number of allylic oxidation sites excluding steroid dienone is 2. The minimum Gasteiger partial charge on any atom is -0.370 e. The highest BCUT2D eigenvalue weighted by atomic mass is 16.5. The molecule has 190 valence electrons. The van der Waals surface area contributed by atoms with Crippen LogP contribution in [0.1, 0.15) is 70.9 Å². The summed E-state index contributed by atoms with van der Waals surface area (Å²) in [5, 5.41) is 0. The number of hydrogen-bond acceptors (Lipinski definition) is 3. The molecular weight excluding hydrogens is 444 g/mol. The Morgan fingerprint density at radius 1 is 0.889 bits per heavy atom. The van der Waals surface area contributed by atoms with Gasteiger partial charge in [-0.15, -0.1) is 0 Å². The first-order chi connectivity index (χ1) is 17.3. The van der Waals surface area contributed by atoms with Gasteiger partial charge in [-0.05, 0) is 61.1 Å². The SMILES string of the molecule is CC1=C2[C@@H](OCc3ccccc3)[C@H](OCc3ccccc3)[C@]3(C)CCCC=C3C(=O)[C@H](CC1)C2(C)C. The van der Waals surface area contributed by atoms with Crippen molar-refractivity contribution in [2.45, 2.75) is 85.2 Å². The van der Waals surface area contributed by atoms with Gasteiger partial charge in [0.1, 0.15) is 6.10 Å². The Balaban J connectivity index is 1.62. The summed E-state index contributed by atoms with van der Waals surface area (Å²) < 4.78 is 13.8. The van der Waals surface area contributed by atoms with E-state index in [-0.39, 0.29) is 29.0 Å². The molecule has 3 nitrogen and oxygen atoms in total. The predicted octanol–water partition coefficient (Wildman–Crippen LogP) is 7.61. The van der Waals surface area contributed by atoms with E-state index in [4.69, 9.17) is 9.47 Å². The van der Waals surface area contributed by atoms with Gasteiger partial charge in [-0.1, -0.05) is 93.1 Å². The summed E-state index contributed by atoms with van der Waals surface area (Å²) in [5.41, 5.74) is 5.26. The second kappa shape index (κ2) is 10.1. The molecule has 2 aromatic rings. The number of carbonyl (C=O) groups is 1. The molecule has 0 saturated heterocycles. The second-order valence-electron chi connectivity index (χ2n) is 11.7. The summed E-state index contributed by atoms with van der Waals surface area (Å²) in [7, 11) is 0. The van der Waals surface area contributed by atoms with Crippen molar-refractivity contribution in [3.63, 3.8) is 0 Å². The first-order valence-electron chi connectivity index (χ1n) is 13.6. The van der Waals surface area contributed by atoms with Gasteiger partial charge in [0.25, 0.3) is 0 Å². The summed E-state index contributed by atoms with van der Waals surface area (Å²) in [5.74, 6) is 0.319. The van der Waals surface area contributed by atoms with Gasteiger partial charge in [-0.3, -0.25) is 4.79 Å². The van der Waals surface area contributed by atoms with Crippen LogP contribution >= 0.6 is 0 Å². The van der Waals surface area contributed by atoms with Crippen LogP contribution in [0, 0.1) is 16.7 Å². The quantitative estimate of drug-likeness (QED) is 0.396. The van der Waals surface area contributed by atoms with Crippen LogP contribution in [0.25, 0.3) is 0 Å². The lowest BCUT2D eigenvalue weighted by molar-refractivity contribution is -0.144. The molecular formula is C33H40O3. The molecule has 0 heterocycles. The third kappa shape index (κ3) is 4.53. The molecule has 1 fully saturated rings. The maximum absolute atomic E-state index is 14.2. The number of carbonyl (C=O) groups excluding carboxylic acids is 1. The largest absolute Gasteiger partial charge is 0.370 e. The molecule has 0 unspecified atom stereocenters. The predicted molar refractivity (Wildman–Crippen MR) is 144 cm³/mol. The highest BCUT2D eigenvalue weighted by Gasteiger charge is 2.56. The molecule has 0 radical (unpaired) electrons. The summed E-state index contributed by atoms with van der Waals surface area (Å²) >= 11 is 0. The molecule has 1 saturated carbocycles. The van der Waals surface area contributed by atoms with Gasteiger partial charge in [0.2, 0.25) is 0 Å². The third-order valence-corrected chi connectivity index (χ3v) is 9.01. The molecule has 3 aliphatic rings. The van der Waals surface area contributed by atoms with E-state index < -0.39 is 0 Å². The van der Waals surface area contributed by atoms with Crippen LogP contribution in [0.2, 0.25) is 0 Å². The number of Topliss-reactive ketones (excluding diaryl/α,β-unsaturated/α-hetero) is 1. The van der Waals surface area contributed by atoms with Crippen molar-refractivity contribution in [3.8, 4) is 0 Å². The van der Waals surface area contributed by atoms with E-state index in [9.17, 15) is 4.79 Å². The monoisotopic (exact) mass is 484 g/mol. The zero-order chi connectivity index (χ0) is 25.3. The average Bonchev–Trinajstić information content (AvgIpc) is 2.87. The zero-order valence-electron chi connectivity index (χ0n) is 22.3. The molecule has 5 rings (SSSR count). The normalized spacial score (nSPS) is 29.7. The molecule has 0 spiro atoms. The van der Waals surface area contributed by atoms with Gasteiger partial charge in [-0.25, -0.2) is 0 Å². The number of ketones is 1. The molecule has 0 amide bonds. The van der Waals surface area contributed by atoms with Crippen molar-refractivity contribution in [3.05, 3.63) is 94.6 Å². The van der Waals surface area contributed by atoms with Crippen molar-refractivity contribution in [2.75, 3.05) is 0 Å². The fourth-order valence-corrected chi connectivity index (χ4v) is 7.06. The fourth-order valence-electron chi connectivity index (χ4n) is 7.06. The van der Waals surface area contributed by atoms with E-state index in [0.717, 1.165) is 48.8 Å². The molecule has 0 aromatic heterocycles. The lowest BCUT2D eigenvalue weighted by atomic mass is 9.54. The second-order valence-corrected chi connectivity index (χ2v) is 11.7. The van der Waals surface area contributed by atoms with Crippen LogP contribution in [-0.2, 0) is 27.5 Å². The molecule has 2 bridgehead atoms. The van der Waals surface area contributed by atoms with Gasteiger partial charge in [-0.2, -0.15) is 0 Å². The van der Waals surface area contributed by atoms with Crippen molar-refractivity contribution >= 4 is 5.78 Å². The van der Waals surface area contributed by atoms with Crippen LogP contribution in [0.3, 0.4) is 0 Å². The fraction of sp³-hybridized carbons (Fsp3) is 0.485. The van der Waals surface area contributed by atoms with Gasteiger partial charge < -0.3 is 9.47 Å². The Morgan fingerprint density at radius 3 is 2.14 bits per heavy atom. The number of benzene rings is 2. The van der Waals surface area contributed by atoms with E-state index >= 15 is 0 Å². The molecule has 3 aliphatic carbocycles. The Kier molecular flexibility index (Phi) is 7.07. The molecule has 0 aliphatic heterocycles. The first-order valence-corrected chi connectivity index (χ1v) is 13.6. The van der Waals surface area contributed by atoms with Gasteiger partial charge in [0.05, 0.1) is 19.3 Å². The van der Waals surface area contributed by atoms with Crippen molar-refractivity contribution in [1.82, 2.24) is 0 Å². The van der Waals surface area contributed by atoms with Gasteiger partial charge in [0.15, 0.2) is 5.78 Å². The van der Waals surface area contributed by atoms with Crippen LogP contribution in [0.15, 0.2) is 83.5 Å². The molecule has 3 heteroatoms. The molecule has 36 heavy (non-hydrogen) atoms. The van der Waals surface area contributed by atoms with E-state index in [1.165, 1.54) is 11.1 Å². The van der Waals surface area contributed by atoms with Crippen LogP contribution in [0.4, 0.5) is 0 Å². The van der Waals surface area contributed by atoms with E-state index in [1.807, 2.05) is 12.1 Å². The van der Waals surface area contributed by atoms with E-state index in [1.54, 1.807) is 0 Å². The van der Waals surface area contributed by atoms with Crippen LogP contribution in [-0.4, -0.2) is 18.0 Å². The number of rotatable bonds is 6. The molecule has 4 atom stereocenters. The topological polar surface area (TPSA) is 35.5 Å². The minimum atomic E-state index is -0.386. The summed E-state index contributed by atoms with van der Waals surface area (Å²) in [6.45, 7) is 10.0. The van der Waals surface area contributed by atoms with Crippen molar-refractivity contribution in [2.24, 2.45) is 16.7 Å². The Morgan fingerprint density at radius 2 is 1.50 bits per heavy atom. The number of fused-ring (bicyclic) bond motifs is 3. The van der Waals surface area contributed by atoms with E-state index in [0.29, 0.717) is 19.0 Å². The maximum Gasteiger partial charge on any atom is 0.163 e. The number of hydrogen-bond donors (Lipinski definition) is 0. The lowest BCUT2D eigenvalue weighted by Crippen LogP contribution is -2.56. The van der Waals surface area contributed by atoms with Crippen molar-refractivity contribution < 1.29 is 14.3 Å². The van der Waals surface area contributed by atoms with Crippen LogP contribution < -0.4 is 0 Å². The zero-order valence-corrected chi connectivity index (χ0v) is 22.3. The highest BCUT2D eigenvalue weighted by molar-refractivity contribution is 6.00. The Bertz CT molecular complexity index is 1140. The minimum absolute atomic E-state index is 0.0160. The van der Waals surface area contributed by atoms with Gasteiger partial charge in [0, 0.05) is 16.9 Å². The number of ether oxygens (including phenoxy) is 2. The standard InChI is InChI=1S/C33H40O3/c1-23-18-19-26-29(34)27-17-11-12-20-33(27,4)31(36-22-25-15-9-6-10-16-25)30(28(23)32(26,2)3)35-21-24-13-7-5-8-14-24/h5-10,13-17,26,30-31H,11-12,18-22H2,1-4H3/t26-,30+,31-,33+/m0/s1. The first kappa shape index (κ1) is 25.2. The summed E-state index contributed by atoms with van der Waals surface area (Å²) in [6.07, 6.45) is 6.58. The Labute approximate surface area is 216 Å². The summed E-state index contributed by atoms with van der Waals surface area (Å²) in [6, 6.07) is 20.8. The average molecular weight is 485 g/mol. The summed E-state index contributed by atoms with van der Waals surface area (Å²) in [4.78, 5) is 14.2. The van der Waals surface area contributed by atoms with Gasteiger partial charge >= 0.3 is 0 Å². The Hall–Kier alpha value is -2.49. The highest BCUT2D eigenvalue weighted by Crippen LogP contribution is 2.56. The maximum atomic E-state index is 14.2.